The Bertz CT molecular complexity index is 1280. The van der Waals surface area contributed by atoms with Crippen molar-refractivity contribution in [3.05, 3.63) is 51.7 Å². The first-order chi connectivity index (χ1) is 15.4. The summed E-state index contributed by atoms with van der Waals surface area (Å²) in [5.74, 6) is -2.69. The maximum Gasteiger partial charge on any atom is 0.238 e. The van der Waals surface area contributed by atoms with Gasteiger partial charge in [0.15, 0.2) is 17.3 Å². The molecule has 3 aromatic rings. The van der Waals surface area contributed by atoms with Crippen LogP contribution in [0.15, 0.2) is 45.1 Å². The summed E-state index contributed by atoms with van der Waals surface area (Å²) >= 11 is 0. The lowest BCUT2D eigenvalue weighted by molar-refractivity contribution is 0.0689. The predicted molar refractivity (Wildman–Crippen MR) is 124 cm³/mol. The fourth-order valence-electron chi connectivity index (χ4n) is 3.59. The quantitative estimate of drug-likeness (QED) is 0.226. The van der Waals surface area contributed by atoms with Crippen LogP contribution in [0.2, 0.25) is 0 Å². The van der Waals surface area contributed by atoms with Gasteiger partial charge in [0.25, 0.3) is 0 Å². The molecule has 0 aliphatic carbocycles. The van der Waals surface area contributed by atoms with Crippen LogP contribution in [0.3, 0.4) is 0 Å². The van der Waals surface area contributed by atoms with Crippen molar-refractivity contribution in [3.8, 4) is 40.1 Å². The minimum absolute atomic E-state index is 0.117. The number of hydrogen-bond donors (Lipinski definition) is 6. The van der Waals surface area contributed by atoms with Crippen molar-refractivity contribution in [2.24, 2.45) is 0 Å². The Hall–Kier alpha value is -3.65. The third-order valence-corrected chi connectivity index (χ3v) is 5.47. The Morgan fingerprint density at radius 2 is 1.70 bits per heavy atom. The molecule has 6 N–H and O–H groups in total. The van der Waals surface area contributed by atoms with E-state index in [0.29, 0.717) is 6.42 Å². The highest BCUT2D eigenvalue weighted by Crippen LogP contribution is 2.40. The predicted octanol–water partition coefficient (Wildman–Crippen LogP) is 4.42. The average molecular weight is 456 g/mol. The normalized spacial score (nSPS) is 12.4. The van der Waals surface area contributed by atoms with Crippen molar-refractivity contribution in [3.63, 3.8) is 0 Å². The maximum absolute atomic E-state index is 12.8. The van der Waals surface area contributed by atoms with Crippen molar-refractivity contribution in [1.29, 1.82) is 0 Å². The summed E-state index contributed by atoms with van der Waals surface area (Å²) in [4.78, 5) is 12.8. The van der Waals surface area contributed by atoms with E-state index in [9.17, 15) is 35.4 Å². The molecule has 2 aromatic carbocycles. The summed E-state index contributed by atoms with van der Waals surface area (Å²) < 4.78 is 5.58. The number of benzene rings is 2. The SMILES string of the molecule is CC(=CCc1c(O)cc2oc(-c3ccc(O)c(O)c3)c(O)c(=O)c2c1O)CCCC(C)(C)O. The first-order valence-corrected chi connectivity index (χ1v) is 10.5. The van der Waals surface area contributed by atoms with E-state index in [1.54, 1.807) is 13.8 Å². The lowest BCUT2D eigenvalue weighted by atomic mass is 9.98. The summed E-state index contributed by atoms with van der Waals surface area (Å²) in [7, 11) is 0. The number of aliphatic hydroxyl groups is 1. The van der Waals surface area contributed by atoms with E-state index in [2.05, 4.69) is 0 Å². The van der Waals surface area contributed by atoms with Crippen LogP contribution >= 0.6 is 0 Å². The summed E-state index contributed by atoms with van der Waals surface area (Å²) in [6.45, 7) is 5.39. The van der Waals surface area contributed by atoms with Crippen LogP contribution in [0.25, 0.3) is 22.3 Å². The molecule has 3 rings (SSSR count). The van der Waals surface area contributed by atoms with E-state index in [4.69, 9.17) is 4.42 Å². The maximum atomic E-state index is 12.8. The highest BCUT2D eigenvalue weighted by Gasteiger charge is 2.22. The Morgan fingerprint density at radius 1 is 1.00 bits per heavy atom. The lowest BCUT2D eigenvalue weighted by Gasteiger charge is -2.16. The number of fused-ring (bicyclic) bond motifs is 1. The van der Waals surface area contributed by atoms with E-state index in [-0.39, 0.29) is 45.8 Å². The van der Waals surface area contributed by atoms with Gasteiger partial charge in [-0.2, -0.15) is 0 Å². The molecule has 0 atom stereocenters. The second-order valence-corrected chi connectivity index (χ2v) is 8.83. The minimum atomic E-state index is -0.900. The molecule has 0 aliphatic heterocycles. The first kappa shape index (κ1) is 24.0. The van der Waals surface area contributed by atoms with Crippen LogP contribution in [0.1, 0.15) is 45.6 Å². The van der Waals surface area contributed by atoms with Gasteiger partial charge in [-0.25, -0.2) is 0 Å². The van der Waals surface area contributed by atoms with Crippen LogP contribution in [-0.4, -0.2) is 36.2 Å². The van der Waals surface area contributed by atoms with Crippen LogP contribution in [0.5, 0.6) is 28.7 Å². The van der Waals surface area contributed by atoms with Gasteiger partial charge < -0.3 is 35.1 Å². The molecule has 0 fully saturated rings. The molecule has 0 amide bonds. The zero-order valence-corrected chi connectivity index (χ0v) is 18.7. The van der Waals surface area contributed by atoms with Gasteiger partial charge in [-0.05, 0) is 64.7 Å². The zero-order chi connectivity index (χ0) is 24.5. The topological polar surface area (TPSA) is 152 Å². The third-order valence-electron chi connectivity index (χ3n) is 5.47. The van der Waals surface area contributed by atoms with E-state index < -0.39 is 28.3 Å². The number of phenols is 4. The molecule has 0 radical (unpaired) electrons. The monoisotopic (exact) mass is 456 g/mol. The molecule has 8 heteroatoms. The molecular weight excluding hydrogens is 428 g/mol. The Balaban J connectivity index is 1.98. The number of hydrogen-bond acceptors (Lipinski definition) is 8. The summed E-state index contributed by atoms with van der Waals surface area (Å²) in [5.41, 5.74) is -0.562. The second kappa shape index (κ2) is 9.07. The zero-order valence-electron chi connectivity index (χ0n) is 18.7. The van der Waals surface area contributed by atoms with Crippen LogP contribution < -0.4 is 5.43 Å². The smallest absolute Gasteiger partial charge is 0.238 e. The molecule has 0 unspecified atom stereocenters. The Kier molecular flexibility index (Phi) is 6.60. The minimum Gasteiger partial charge on any atom is -0.507 e. The highest BCUT2D eigenvalue weighted by atomic mass is 16.4. The number of allylic oxidation sites excluding steroid dienone is 2. The van der Waals surface area contributed by atoms with E-state index >= 15 is 0 Å². The molecule has 0 saturated heterocycles. The molecule has 0 spiro atoms. The van der Waals surface area contributed by atoms with Crippen molar-refractivity contribution >= 4 is 11.0 Å². The van der Waals surface area contributed by atoms with Crippen molar-refractivity contribution in [2.75, 3.05) is 0 Å². The van der Waals surface area contributed by atoms with Gasteiger partial charge in [0.1, 0.15) is 22.5 Å². The third kappa shape index (κ3) is 5.23. The van der Waals surface area contributed by atoms with Crippen molar-refractivity contribution in [1.82, 2.24) is 0 Å². The van der Waals surface area contributed by atoms with Gasteiger partial charge in [-0.15, -0.1) is 0 Å². The molecular formula is C25H28O8. The van der Waals surface area contributed by atoms with Crippen molar-refractivity contribution < 1.29 is 35.1 Å². The Labute approximate surface area is 190 Å². The van der Waals surface area contributed by atoms with E-state index in [1.807, 2.05) is 13.0 Å². The van der Waals surface area contributed by atoms with Crippen LogP contribution in [0.4, 0.5) is 0 Å². The van der Waals surface area contributed by atoms with Crippen LogP contribution in [-0.2, 0) is 6.42 Å². The highest BCUT2D eigenvalue weighted by molar-refractivity contribution is 5.90. The molecule has 0 aliphatic rings. The van der Waals surface area contributed by atoms with Gasteiger partial charge in [-0.3, -0.25) is 4.79 Å². The molecule has 1 aromatic heterocycles. The second-order valence-electron chi connectivity index (χ2n) is 8.83. The largest absolute Gasteiger partial charge is 0.507 e. The average Bonchev–Trinajstić information content (AvgIpc) is 2.71. The number of rotatable bonds is 7. The molecule has 8 nitrogen and oxygen atoms in total. The standard InChI is InChI=1S/C25H28O8/c1-13(5-4-10-25(2,3)32)6-8-15-17(27)12-19-20(21(15)29)22(30)23(31)24(33-19)14-7-9-16(26)18(28)11-14/h6-7,9,11-12,26-29,31-32H,4-5,8,10H2,1-3H3. The van der Waals surface area contributed by atoms with E-state index in [1.165, 1.54) is 18.2 Å². The van der Waals surface area contributed by atoms with Gasteiger partial charge >= 0.3 is 0 Å². The summed E-state index contributed by atoms with van der Waals surface area (Å²) in [6, 6.07) is 4.80. The number of aromatic hydroxyl groups is 5. The van der Waals surface area contributed by atoms with E-state index in [0.717, 1.165) is 24.5 Å². The molecule has 1 heterocycles. The van der Waals surface area contributed by atoms with Crippen molar-refractivity contribution in [2.45, 2.75) is 52.1 Å². The Morgan fingerprint density at radius 3 is 2.33 bits per heavy atom. The number of phenolic OH excluding ortho intramolecular Hbond substituents is 4. The molecule has 176 valence electrons. The first-order valence-electron chi connectivity index (χ1n) is 10.5. The van der Waals surface area contributed by atoms with Gasteiger partial charge in [0.05, 0.1) is 5.60 Å². The lowest BCUT2D eigenvalue weighted by Crippen LogP contribution is -2.17. The molecule has 0 bridgehead atoms. The van der Waals surface area contributed by atoms with Gasteiger partial charge in [0, 0.05) is 17.2 Å². The van der Waals surface area contributed by atoms with Crippen LogP contribution in [0, 0.1) is 0 Å². The molecule has 0 saturated carbocycles. The summed E-state index contributed by atoms with van der Waals surface area (Å²) in [6.07, 6.45) is 4.10. The van der Waals surface area contributed by atoms with Gasteiger partial charge in [-0.1, -0.05) is 11.6 Å². The summed E-state index contributed by atoms with van der Waals surface area (Å²) in [5, 5.41) is 60.3. The molecule has 33 heavy (non-hydrogen) atoms. The van der Waals surface area contributed by atoms with Gasteiger partial charge in [0.2, 0.25) is 11.2 Å². The fraction of sp³-hybridized carbons (Fsp3) is 0.320. The fourth-order valence-corrected chi connectivity index (χ4v) is 3.59.